The van der Waals surface area contributed by atoms with Gasteiger partial charge in [-0.05, 0) is 51.1 Å². The third-order valence-electron chi connectivity index (χ3n) is 4.73. The average Bonchev–Trinajstić information content (AvgIpc) is 3.03. The number of nitro groups is 1. The summed E-state index contributed by atoms with van der Waals surface area (Å²) in [4.78, 5) is 34.8. The number of aromatic nitrogens is 1. The van der Waals surface area contributed by atoms with Crippen molar-refractivity contribution in [1.29, 1.82) is 0 Å². The zero-order valence-electron chi connectivity index (χ0n) is 17.4. The Morgan fingerprint density at radius 2 is 1.74 bits per heavy atom. The van der Waals surface area contributed by atoms with Crippen molar-refractivity contribution in [2.24, 2.45) is 0 Å². The van der Waals surface area contributed by atoms with Gasteiger partial charge in [0.2, 0.25) is 0 Å². The maximum absolute atomic E-state index is 12.5. The molecule has 162 valence electrons. The van der Waals surface area contributed by atoms with Crippen molar-refractivity contribution in [3.8, 4) is 11.5 Å². The molecule has 0 amide bonds. The van der Waals surface area contributed by atoms with Crippen LogP contribution in [0, 0.1) is 17.0 Å². The Morgan fingerprint density at radius 3 is 2.35 bits per heavy atom. The van der Waals surface area contributed by atoms with Crippen LogP contribution in [0.15, 0.2) is 42.5 Å². The summed E-state index contributed by atoms with van der Waals surface area (Å²) in [6.45, 7) is 6.11. The molecule has 0 spiro atoms. The molecule has 31 heavy (non-hydrogen) atoms. The number of hydrogen-bond donors (Lipinski definition) is 0. The van der Waals surface area contributed by atoms with Gasteiger partial charge in [0, 0.05) is 35.3 Å². The molecule has 0 radical (unpaired) electrons. The Hall–Kier alpha value is -3.88. The zero-order valence-corrected chi connectivity index (χ0v) is 17.4. The maximum Gasteiger partial charge on any atom is 0.349 e. The van der Waals surface area contributed by atoms with E-state index in [-0.39, 0.29) is 24.7 Å². The molecule has 0 N–H and O–H groups in total. The maximum atomic E-state index is 12.5. The summed E-state index contributed by atoms with van der Waals surface area (Å²) in [7, 11) is 0. The van der Waals surface area contributed by atoms with Crippen LogP contribution in [0.4, 0.5) is 5.69 Å². The molecular formula is C22H22N2O7. The highest BCUT2D eigenvalue weighted by molar-refractivity contribution is 6.06. The van der Waals surface area contributed by atoms with Gasteiger partial charge in [0.15, 0.2) is 6.61 Å². The number of fused-ring (bicyclic) bond motifs is 1. The number of carbonyl (C=O) groups is 2. The van der Waals surface area contributed by atoms with Gasteiger partial charge in [-0.1, -0.05) is 0 Å². The highest BCUT2D eigenvalue weighted by Gasteiger charge is 2.21. The molecule has 0 fully saturated rings. The summed E-state index contributed by atoms with van der Waals surface area (Å²) < 4.78 is 17.8. The number of rotatable bonds is 8. The van der Waals surface area contributed by atoms with Gasteiger partial charge in [-0.3, -0.25) is 10.1 Å². The highest BCUT2D eigenvalue weighted by Crippen LogP contribution is 2.30. The summed E-state index contributed by atoms with van der Waals surface area (Å²) in [5.41, 5.74) is 1.99. The summed E-state index contributed by atoms with van der Waals surface area (Å²) in [6, 6.07) is 10.4. The van der Waals surface area contributed by atoms with E-state index in [1.54, 1.807) is 25.1 Å². The molecule has 0 saturated carbocycles. The number of ether oxygens (including phenoxy) is 3. The van der Waals surface area contributed by atoms with Crippen molar-refractivity contribution in [2.45, 2.75) is 27.3 Å². The first-order chi connectivity index (χ1) is 14.8. The Labute approximate surface area is 178 Å². The van der Waals surface area contributed by atoms with Crippen LogP contribution in [-0.2, 0) is 16.1 Å². The molecule has 3 aromatic rings. The minimum absolute atomic E-state index is 0.0741. The quantitative estimate of drug-likeness (QED) is 0.231. The second-order valence-corrected chi connectivity index (χ2v) is 6.62. The normalized spacial score (nSPS) is 10.7. The van der Waals surface area contributed by atoms with E-state index in [1.165, 1.54) is 24.3 Å². The largest absolute Gasteiger partial charge is 0.482 e. The molecule has 9 nitrogen and oxygen atoms in total. The summed E-state index contributed by atoms with van der Waals surface area (Å²) in [5.74, 6) is -0.508. The number of non-ortho nitro benzene ring substituents is 1. The number of hydrogen-bond acceptors (Lipinski definition) is 7. The molecule has 0 aliphatic rings. The monoisotopic (exact) mass is 426 g/mol. The number of nitro benzene ring substituents is 1. The lowest BCUT2D eigenvalue weighted by atomic mass is 10.1. The number of nitrogens with zero attached hydrogens (tertiary/aromatic N) is 2. The van der Waals surface area contributed by atoms with Gasteiger partial charge in [-0.15, -0.1) is 0 Å². The minimum Gasteiger partial charge on any atom is -0.482 e. The van der Waals surface area contributed by atoms with E-state index in [2.05, 4.69) is 0 Å². The SMILES string of the molecule is CCOC(=O)c1c(C)n(CC)c2ccc(OC(=O)COc3ccc([N+](=O)[O-])cc3)cc12. The molecule has 1 aromatic heterocycles. The lowest BCUT2D eigenvalue weighted by Crippen LogP contribution is -2.17. The Morgan fingerprint density at radius 1 is 1.06 bits per heavy atom. The second-order valence-electron chi connectivity index (χ2n) is 6.62. The highest BCUT2D eigenvalue weighted by atomic mass is 16.6. The molecule has 0 atom stereocenters. The summed E-state index contributed by atoms with van der Waals surface area (Å²) >= 11 is 0. The average molecular weight is 426 g/mol. The number of esters is 2. The number of benzene rings is 2. The van der Waals surface area contributed by atoms with Crippen LogP contribution in [0.2, 0.25) is 0 Å². The zero-order chi connectivity index (χ0) is 22.5. The molecule has 0 aliphatic carbocycles. The molecule has 3 rings (SSSR count). The Bertz CT molecular complexity index is 1130. The van der Waals surface area contributed by atoms with Gasteiger partial charge >= 0.3 is 11.9 Å². The molecule has 1 heterocycles. The van der Waals surface area contributed by atoms with E-state index in [4.69, 9.17) is 14.2 Å². The van der Waals surface area contributed by atoms with E-state index in [1.807, 2.05) is 18.4 Å². The van der Waals surface area contributed by atoms with Crippen LogP contribution in [0.1, 0.15) is 29.9 Å². The smallest absolute Gasteiger partial charge is 0.349 e. The van der Waals surface area contributed by atoms with Crippen LogP contribution < -0.4 is 9.47 Å². The predicted octanol–water partition coefficient (Wildman–Crippen LogP) is 4.04. The van der Waals surface area contributed by atoms with E-state index in [0.29, 0.717) is 23.2 Å². The molecule has 0 aliphatic heterocycles. The van der Waals surface area contributed by atoms with Gasteiger partial charge in [-0.25, -0.2) is 9.59 Å². The fraction of sp³-hybridized carbons (Fsp3) is 0.273. The molecular weight excluding hydrogens is 404 g/mol. The van der Waals surface area contributed by atoms with Crippen molar-refractivity contribution in [2.75, 3.05) is 13.2 Å². The Balaban J connectivity index is 1.76. The third-order valence-corrected chi connectivity index (χ3v) is 4.73. The van der Waals surface area contributed by atoms with E-state index in [9.17, 15) is 19.7 Å². The third kappa shape index (κ3) is 4.66. The van der Waals surface area contributed by atoms with Crippen molar-refractivity contribution in [3.63, 3.8) is 0 Å². The van der Waals surface area contributed by atoms with Gasteiger partial charge in [-0.2, -0.15) is 0 Å². The van der Waals surface area contributed by atoms with E-state index < -0.39 is 16.9 Å². The van der Waals surface area contributed by atoms with E-state index >= 15 is 0 Å². The van der Waals surface area contributed by atoms with Crippen LogP contribution >= 0.6 is 0 Å². The van der Waals surface area contributed by atoms with E-state index in [0.717, 1.165) is 11.2 Å². The molecule has 9 heteroatoms. The van der Waals surface area contributed by atoms with Crippen molar-refractivity contribution in [3.05, 3.63) is 63.8 Å². The van der Waals surface area contributed by atoms with Gasteiger partial charge < -0.3 is 18.8 Å². The van der Waals surface area contributed by atoms with Crippen molar-refractivity contribution >= 4 is 28.5 Å². The van der Waals surface area contributed by atoms with Gasteiger partial charge in [0.1, 0.15) is 11.5 Å². The lowest BCUT2D eigenvalue weighted by Gasteiger charge is -2.08. The van der Waals surface area contributed by atoms with Crippen LogP contribution in [-0.4, -0.2) is 34.6 Å². The fourth-order valence-electron chi connectivity index (χ4n) is 3.36. The van der Waals surface area contributed by atoms with Crippen LogP contribution in [0.3, 0.4) is 0 Å². The fourth-order valence-corrected chi connectivity index (χ4v) is 3.36. The van der Waals surface area contributed by atoms with Gasteiger partial charge in [0.25, 0.3) is 5.69 Å². The topological polar surface area (TPSA) is 110 Å². The van der Waals surface area contributed by atoms with Crippen LogP contribution in [0.25, 0.3) is 10.9 Å². The first-order valence-electron chi connectivity index (χ1n) is 9.73. The minimum atomic E-state index is -0.651. The summed E-state index contributed by atoms with van der Waals surface area (Å²) in [5, 5.41) is 11.3. The summed E-state index contributed by atoms with van der Waals surface area (Å²) in [6.07, 6.45) is 0. The second kappa shape index (κ2) is 9.29. The molecule has 0 saturated heterocycles. The van der Waals surface area contributed by atoms with Crippen molar-refractivity contribution in [1.82, 2.24) is 4.57 Å². The first kappa shape index (κ1) is 21.8. The van der Waals surface area contributed by atoms with Crippen molar-refractivity contribution < 1.29 is 28.7 Å². The lowest BCUT2D eigenvalue weighted by molar-refractivity contribution is -0.384. The molecule has 2 aromatic carbocycles. The standard InChI is InChI=1S/C22H22N2O7/c1-4-23-14(3)21(22(26)29-5-2)18-12-17(10-11-19(18)23)31-20(25)13-30-16-8-6-15(7-9-16)24(27)28/h6-12H,4-5,13H2,1-3H3. The molecule has 0 bridgehead atoms. The van der Waals surface area contributed by atoms with Crippen LogP contribution in [0.5, 0.6) is 11.5 Å². The first-order valence-corrected chi connectivity index (χ1v) is 9.73. The number of aryl methyl sites for hydroxylation is 1. The Kier molecular flexibility index (Phi) is 6.54. The van der Waals surface area contributed by atoms with Gasteiger partial charge in [0.05, 0.1) is 17.1 Å². The number of carbonyl (C=O) groups excluding carboxylic acids is 2. The molecule has 0 unspecified atom stereocenters. The predicted molar refractivity (Wildman–Crippen MR) is 113 cm³/mol.